The van der Waals surface area contributed by atoms with Crippen molar-refractivity contribution >= 4 is 0 Å². The number of halogens is 2. The van der Waals surface area contributed by atoms with E-state index >= 15 is 0 Å². The lowest BCUT2D eigenvalue weighted by molar-refractivity contribution is 0.421. The van der Waals surface area contributed by atoms with Gasteiger partial charge in [-0.2, -0.15) is 0 Å². The van der Waals surface area contributed by atoms with Gasteiger partial charge >= 0.3 is 0 Å². The van der Waals surface area contributed by atoms with Crippen LogP contribution in [0, 0.1) is 0 Å². The maximum Gasteiger partial charge on any atom is 0.118 e. The summed E-state index contributed by atoms with van der Waals surface area (Å²) in [6.07, 6.45) is -0.245. The molecule has 0 heterocycles. The van der Waals surface area contributed by atoms with Gasteiger partial charge in [-0.3, -0.25) is 0 Å². The van der Waals surface area contributed by atoms with Gasteiger partial charge in [0.25, 0.3) is 0 Å². The number of allylic oxidation sites excluding steroid dienone is 2. The largest absolute Gasteiger partial charge is 0.243 e. The SMILES string of the molecule is C/C(F)=C\C(C)F. The third kappa shape index (κ3) is 5.60. The summed E-state index contributed by atoms with van der Waals surface area (Å²) >= 11 is 0. The molecule has 42 valence electrons. The van der Waals surface area contributed by atoms with E-state index in [1.54, 1.807) is 0 Å². The maximum absolute atomic E-state index is 11.6. The molecule has 0 spiro atoms. The minimum atomic E-state index is -1.16. The van der Waals surface area contributed by atoms with Gasteiger partial charge < -0.3 is 0 Å². The molecule has 0 bridgehead atoms. The molecule has 0 N–H and O–H groups in total. The van der Waals surface area contributed by atoms with Crippen LogP contribution in [-0.2, 0) is 0 Å². The number of hydrogen-bond donors (Lipinski definition) is 0. The zero-order chi connectivity index (χ0) is 5.86. The second kappa shape index (κ2) is 2.72. The van der Waals surface area contributed by atoms with Gasteiger partial charge in [0.2, 0.25) is 0 Å². The molecular weight excluding hydrogens is 98.1 g/mol. The molecule has 0 fully saturated rings. The van der Waals surface area contributed by atoms with Crippen LogP contribution in [0.4, 0.5) is 8.78 Å². The van der Waals surface area contributed by atoms with Crippen molar-refractivity contribution in [2.75, 3.05) is 0 Å². The van der Waals surface area contributed by atoms with Crippen LogP contribution in [0.25, 0.3) is 0 Å². The first-order chi connectivity index (χ1) is 3.13. The second-order valence-electron chi connectivity index (χ2n) is 1.43. The van der Waals surface area contributed by atoms with Crippen LogP contribution in [0.2, 0.25) is 0 Å². The summed E-state index contributed by atoms with van der Waals surface area (Å²) in [6.45, 7) is 2.50. The maximum atomic E-state index is 11.6. The number of alkyl halides is 1. The van der Waals surface area contributed by atoms with E-state index in [0.29, 0.717) is 0 Å². The third-order valence-electron chi connectivity index (χ3n) is 0.459. The molecule has 0 saturated carbocycles. The van der Waals surface area contributed by atoms with Gasteiger partial charge in [0.1, 0.15) is 6.17 Å². The fourth-order valence-corrected chi connectivity index (χ4v) is 0.316. The molecule has 0 nitrogen and oxygen atoms in total. The highest BCUT2D eigenvalue weighted by Gasteiger charge is 1.89. The molecular formula is C5H8F2. The van der Waals surface area contributed by atoms with Crippen LogP contribution in [-0.4, -0.2) is 6.17 Å². The average Bonchev–Trinajstić information content (AvgIpc) is 1.27. The molecule has 0 amide bonds. The summed E-state index contributed by atoms with van der Waals surface area (Å²) in [7, 11) is 0. The summed E-state index contributed by atoms with van der Waals surface area (Å²) in [4.78, 5) is 0. The van der Waals surface area contributed by atoms with Gasteiger partial charge in [0.05, 0.1) is 5.83 Å². The van der Waals surface area contributed by atoms with E-state index in [9.17, 15) is 8.78 Å². The molecule has 0 aliphatic rings. The monoisotopic (exact) mass is 106 g/mol. The predicted molar refractivity (Wildman–Crippen MR) is 25.4 cm³/mol. The lowest BCUT2D eigenvalue weighted by Crippen LogP contribution is -1.83. The van der Waals surface area contributed by atoms with Crippen molar-refractivity contribution in [2.45, 2.75) is 20.0 Å². The lowest BCUT2D eigenvalue weighted by Gasteiger charge is -1.86. The first-order valence-corrected chi connectivity index (χ1v) is 2.11. The van der Waals surface area contributed by atoms with Gasteiger partial charge in [-0.25, -0.2) is 8.78 Å². The molecule has 7 heavy (non-hydrogen) atoms. The molecule has 0 saturated heterocycles. The van der Waals surface area contributed by atoms with Crippen molar-refractivity contribution in [3.05, 3.63) is 11.9 Å². The van der Waals surface area contributed by atoms with Crippen LogP contribution in [0.1, 0.15) is 13.8 Å². The van der Waals surface area contributed by atoms with Gasteiger partial charge in [-0.05, 0) is 19.9 Å². The molecule has 2 heteroatoms. The van der Waals surface area contributed by atoms with Crippen LogP contribution >= 0.6 is 0 Å². The van der Waals surface area contributed by atoms with E-state index in [-0.39, 0.29) is 0 Å². The van der Waals surface area contributed by atoms with Crippen LogP contribution < -0.4 is 0 Å². The first-order valence-electron chi connectivity index (χ1n) is 2.11. The van der Waals surface area contributed by atoms with Gasteiger partial charge in [-0.15, -0.1) is 0 Å². The van der Waals surface area contributed by atoms with Crippen LogP contribution in [0.15, 0.2) is 11.9 Å². The minimum Gasteiger partial charge on any atom is -0.243 e. The Morgan fingerprint density at radius 2 is 2.14 bits per heavy atom. The van der Waals surface area contributed by atoms with Gasteiger partial charge in [0, 0.05) is 0 Å². The quantitative estimate of drug-likeness (QED) is 0.480. The number of rotatable bonds is 1. The molecule has 0 aromatic heterocycles. The van der Waals surface area contributed by atoms with E-state index in [0.717, 1.165) is 6.08 Å². The summed E-state index contributed by atoms with van der Waals surface area (Å²) in [5.41, 5.74) is 0. The fourth-order valence-electron chi connectivity index (χ4n) is 0.316. The Morgan fingerprint density at radius 3 is 2.14 bits per heavy atom. The Morgan fingerprint density at radius 1 is 1.71 bits per heavy atom. The Kier molecular flexibility index (Phi) is 2.56. The van der Waals surface area contributed by atoms with Gasteiger partial charge in [0.15, 0.2) is 0 Å². The Labute approximate surface area is 41.8 Å². The number of hydrogen-bond acceptors (Lipinski definition) is 0. The molecule has 0 radical (unpaired) electrons. The van der Waals surface area contributed by atoms with Crippen molar-refractivity contribution in [3.63, 3.8) is 0 Å². The van der Waals surface area contributed by atoms with Crippen LogP contribution in [0.3, 0.4) is 0 Å². The molecule has 0 aliphatic heterocycles. The standard InChI is InChI=1S/C5H8F2/c1-4(6)3-5(2)7/h3-4H,1-2H3/b5-3+. The highest BCUT2D eigenvalue weighted by atomic mass is 19.1. The highest BCUT2D eigenvalue weighted by Crippen LogP contribution is 1.98. The fraction of sp³-hybridized carbons (Fsp3) is 0.600. The summed E-state index contributed by atoms with van der Waals surface area (Å²) < 4.78 is 23.2. The van der Waals surface area contributed by atoms with E-state index in [1.165, 1.54) is 13.8 Å². The normalized spacial score (nSPS) is 16.9. The second-order valence-corrected chi connectivity index (χ2v) is 1.43. The van der Waals surface area contributed by atoms with Gasteiger partial charge in [-0.1, -0.05) is 0 Å². The van der Waals surface area contributed by atoms with Crippen molar-refractivity contribution in [1.82, 2.24) is 0 Å². The van der Waals surface area contributed by atoms with E-state index in [1.807, 2.05) is 0 Å². The van der Waals surface area contributed by atoms with Crippen LogP contribution in [0.5, 0.6) is 0 Å². The molecule has 0 aromatic carbocycles. The van der Waals surface area contributed by atoms with Crippen molar-refractivity contribution in [2.24, 2.45) is 0 Å². The van der Waals surface area contributed by atoms with Crippen molar-refractivity contribution in [1.29, 1.82) is 0 Å². The average molecular weight is 106 g/mol. The minimum absolute atomic E-state index is 0.463. The summed E-state index contributed by atoms with van der Waals surface area (Å²) in [5.74, 6) is -0.463. The van der Waals surface area contributed by atoms with Crippen molar-refractivity contribution in [3.8, 4) is 0 Å². The van der Waals surface area contributed by atoms with E-state index < -0.39 is 12.0 Å². The molecule has 0 aliphatic carbocycles. The molecule has 0 aromatic rings. The third-order valence-corrected chi connectivity index (χ3v) is 0.459. The topological polar surface area (TPSA) is 0 Å². The summed E-state index contributed by atoms with van der Waals surface area (Å²) in [6, 6.07) is 0. The van der Waals surface area contributed by atoms with E-state index in [2.05, 4.69) is 0 Å². The zero-order valence-electron chi connectivity index (χ0n) is 4.41. The van der Waals surface area contributed by atoms with Crippen molar-refractivity contribution < 1.29 is 8.78 Å². The molecule has 0 rings (SSSR count). The Hall–Kier alpha value is -0.400. The highest BCUT2D eigenvalue weighted by molar-refractivity contribution is 4.90. The summed E-state index contributed by atoms with van der Waals surface area (Å²) in [5, 5.41) is 0. The van der Waals surface area contributed by atoms with E-state index in [4.69, 9.17) is 0 Å². The first kappa shape index (κ1) is 6.60. The Bertz CT molecular complexity index is 70.1. The predicted octanol–water partition coefficient (Wildman–Crippen LogP) is 2.22. The zero-order valence-corrected chi connectivity index (χ0v) is 4.41. The smallest absolute Gasteiger partial charge is 0.118 e. The lowest BCUT2D eigenvalue weighted by atomic mass is 10.4. The Balaban J connectivity index is 3.45. The molecule has 1 unspecified atom stereocenters. The molecule has 1 atom stereocenters.